The number of piperidine rings is 1. The first-order valence-corrected chi connectivity index (χ1v) is 10.7. The van der Waals surface area contributed by atoms with E-state index in [9.17, 15) is 4.39 Å². The maximum absolute atomic E-state index is 14.6. The molecular formula is C23H24FN6+. The molecule has 0 N–H and O–H groups in total. The summed E-state index contributed by atoms with van der Waals surface area (Å²) in [6.45, 7) is 4.75. The number of anilines is 1. The molecule has 6 rings (SSSR count). The Bertz CT molecular complexity index is 1220. The van der Waals surface area contributed by atoms with E-state index in [4.69, 9.17) is 0 Å². The van der Waals surface area contributed by atoms with Gasteiger partial charge in [-0.15, -0.1) is 0 Å². The summed E-state index contributed by atoms with van der Waals surface area (Å²) >= 11 is 0. The van der Waals surface area contributed by atoms with Crippen LogP contribution in [0.25, 0.3) is 16.8 Å². The van der Waals surface area contributed by atoms with E-state index in [2.05, 4.69) is 30.7 Å². The van der Waals surface area contributed by atoms with Gasteiger partial charge in [0.25, 0.3) is 0 Å². The number of rotatable bonds is 4. The Hall–Kier alpha value is -3.09. The van der Waals surface area contributed by atoms with Crippen molar-refractivity contribution in [1.29, 1.82) is 0 Å². The lowest BCUT2D eigenvalue weighted by atomic mass is 9.84. The van der Waals surface area contributed by atoms with E-state index in [-0.39, 0.29) is 5.82 Å². The number of imidazole rings is 1. The summed E-state index contributed by atoms with van der Waals surface area (Å²) in [6, 6.07) is 6.78. The van der Waals surface area contributed by atoms with Crippen LogP contribution in [0.3, 0.4) is 0 Å². The smallest absolute Gasteiger partial charge is 0.210 e. The molecule has 1 aromatic carbocycles. The Labute approximate surface area is 174 Å². The molecule has 1 aliphatic carbocycles. The summed E-state index contributed by atoms with van der Waals surface area (Å²) in [7, 11) is 0. The highest BCUT2D eigenvalue weighted by atomic mass is 19.1. The van der Waals surface area contributed by atoms with Crippen LogP contribution in [-0.2, 0) is 0 Å². The average Bonchev–Trinajstić information content (AvgIpc) is 3.05. The molecule has 0 bridgehead atoms. The predicted octanol–water partition coefficient (Wildman–Crippen LogP) is 3.60. The lowest BCUT2D eigenvalue weighted by Gasteiger charge is -2.33. The molecule has 152 valence electrons. The van der Waals surface area contributed by atoms with Gasteiger partial charge in [-0.1, -0.05) is 18.6 Å². The first-order chi connectivity index (χ1) is 14.7. The maximum Gasteiger partial charge on any atom is 0.210 e. The molecule has 2 aliphatic heterocycles. The van der Waals surface area contributed by atoms with Crippen molar-refractivity contribution < 1.29 is 8.97 Å². The summed E-state index contributed by atoms with van der Waals surface area (Å²) in [6.07, 6.45) is 8.98. The Morgan fingerprint density at radius 3 is 2.90 bits per heavy atom. The number of hydrogen-bond donors (Lipinski definition) is 0. The van der Waals surface area contributed by atoms with Gasteiger partial charge in [0.05, 0.1) is 5.57 Å². The molecule has 1 saturated heterocycles. The van der Waals surface area contributed by atoms with Gasteiger partial charge >= 0.3 is 0 Å². The number of nitrogens with zero attached hydrogens (tertiary/aromatic N) is 6. The van der Waals surface area contributed by atoms with Crippen LogP contribution < -0.4 is 4.90 Å². The highest BCUT2D eigenvalue weighted by Gasteiger charge is 2.38. The van der Waals surface area contributed by atoms with Crippen LogP contribution in [0.5, 0.6) is 0 Å². The molecule has 3 aliphatic rings. The molecule has 30 heavy (non-hydrogen) atoms. The van der Waals surface area contributed by atoms with Crippen LogP contribution in [0.2, 0.25) is 0 Å². The molecule has 0 amide bonds. The van der Waals surface area contributed by atoms with Crippen molar-refractivity contribution in [3.8, 4) is 11.3 Å². The van der Waals surface area contributed by atoms with E-state index in [0.717, 1.165) is 49.1 Å². The predicted molar refractivity (Wildman–Crippen MR) is 113 cm³/mol. The standard InChI is InChI=1S/C23H24FN6/c1-15-27-21(18-7-2-3-8-19(18)24)22-23(25-14-26-30(15)22)28-10-9-17-12-29(20(17)13-28)11-16-5-4-6-16/h2-3,7-8,12,14,16H,4-6,9-11,13H2,1H3/q+1. The fourth-order valence-corrected chi connectivity index (χ4v) is 4.80. The van der Waals surface area contributed by atoms with Crippen LogP contribution in [0.15, 0.2) is 42.4 Å². The van der Waals surface area contributed by atoms with Crippen molar-refractivity contribution in [2.45, 2.75) is 32.6 Å². The second-order valence-corrected chi connectivity index (χ2v) is 8.55. The third kappa shape index (κ3) is 2.68. The van der Waals surface area contributed by atoms with Crippen molar-refractivity contribution in [3.05, 3.63) is 54.0 Å². The minimum atomic E-state index is -0.281. The van der Waals surface area contributed by atoms with E-state index in [0.29, 0.717) is 11.3 Å². The van der Waals surface area contributed by atoms with Crippen molar-refractivity contribution >= 4 is 17.0 Å². The SMILES string of the molecule is Cc1nc(-c2ccccc2F)c2c(N3CCC4=C[N+](CC5CCC5)=C4C3)ncnn12. The number of halogens is 1. The third-order valence-electron chi connectivity index (χ3n) is 6.70. The minimum absolute atomic E-state index is 0.281. The zero-order valence-electron chi connectivity index (χ0n) is 17.1. The molecule has 0 spiro atoms. The van der Waals surface area contributed by atoms with Crippen LogP contribution in [0.4, 0.5) is 10.2 Å². The Morgan fingerprint density at radius 1 is 1.23 bits per heavy atom. The van der Waals surface area contributed by atoms with E-state index in [1.165, 1.54) is 36.6 Å². The average molecular weight is 403 g/mol. The summed E-state index contributed by atoms with van der Waals surface area (Å²) in [5.74, 6) is 2.11. The molecule has 0 unspecified atom stereocenters. The molecule has 4 heterocycles. The van der Waals surface area contributed by atoms with Crippen LogP contribution in [-0.4, -0.2) is 49.5 Å². The van der Waals surface area contributed by atoms with Gasteiger partial charge in [-0.05, 0) is 31.9 Å². The molecule has 7 heteroatoms. The van der Waals surface area contributed by atoms with Crippen molar-refractivity contribution in [2.75, 3.05) is 24.5 Å². The fourth-order valence-electron chi connectivity index (χ4n) is 4.80. The van der Waals surface area contributed by atoms with E-state index < -0.39 is 0 Å². The highest BCUT2D eigenvalue weighted by molar-refractivity contribution is 6.04. The second kappa shape index (κ2) is 6.72. The van der Waals surface area contributed by atoms with Gasteiger partial charge in [-0.3, -0.25) is 0 Å². The van der Waals surface area contributed by atoms with Gasteiger partial charge in [0.2, 0.25) is 5.71 Å². The second-order valence-electron chi connectivity index (χ2n) is 8.55. The Kier molecular flexibility index (Phi) is 3.97. The first kappa shape index (κ1) is 17.7. The normalized spacial score (nSPS) is 18.9. The molecule has 2 aromatic heterocycles. The molecule has 3 aromatic rings. The molecule has 0 radical (unpaired) electrons. The Morgan fingerprint density at radius 2 is 2.10 bits per heavy atom. The number of aromatic nitrogens is 4. The largest absolute Gasteiger partial charge is 0.344 e. The van der Waals surface area contributed by atoms with Gasteiger partial charge in [-0.25, -0.2) is 18.9 Å². The van der Waals surface area contributed by atoms with Crippen molar-refractivity contribution in [3.63, 3.8) is 0 Å². The minimum Gasteiger partial charge on any atom is -0.344 e. The molecule has 0 atom stereocenters. The summed E-state index contributed by atoms with van der Waals surface area (Å²) in [4.78, 5) is 11.6. The first-order valence-electron chi connectivity index (χ1n) is 10.7. The van der Waals surface area contributed by atoms with Crippen LogP contribution in [0.1, 0.15) is 31.5 Å². The fraction of sp³-hybridized carbons (Fsp3) is 0.391. The van der Waals surface area contributed by atoms with E-state index in [1.807, 2.05) is 13.0 Å². The van der Waals surface area contributed by atoms with Gasteiger partial charge in [-0.2, -0.15) is 9.67 Å². The van der Waals surface area contributed by atoms with Crippen molar-refractivity contribution in [2.24, 2.45) is 5.92 Å². The molecule has 2 fully saturated rings. The van der Waals surface area contributed by atoms with Crippen LogP contribution in [0, 0.1) is 18.7 Å². The van der Waals surface area contributed by atoms with Gasteiger partial charge in [0.1, 0.15) is 35.7 Å². The topological polar surface area (TPSA) is 49.3 Å². The molecular weight excluding hydrogens is 379 g/mol. The zero-order chi connectivity index (χ0) is 20.2. The maximum atomic E-state index is 14.6. The Balaban J connectivity index is 1.41. The van der Waals surface area contributed by atoms with Gasteiger partial charge in [0.15, 0.2) is 18.6 Å². The van der Waals surface area contributed by atoms with Crippen LogP contribution >= 0.6 is 0 Å². The lowest BCUT2D eigenvalue weighted by Crippen LogP contribution is -2.46. The van der Waals surface area contributed by atoms with Gasteiger partial charge in [0, 0.05) is 24.4 Å². The monoisotopic (exact) mass is 403 g/mol. The van der Waals surface area contributed by atoms with E-state index >= 15 is 0 Å². The highest BCUT2D eigenvalue weighted by Crippen LogP contribution is 2.34. The quantitative estimate of drug-likeness (QED) is 0.625. The lowest BCUT2D eigenvalue weighted by molar-refractivity contribution is -0.481. The number of fused-ring (bicyclic) bond motifs is 2. The zero-order valence-corrected chi connectivity index (χ0v) is 17.1. The summed E-state index contributed by atoms with van der Waals surface area (Å²) in [5.41, 5.74) is 4.74. The molecule has 6 nitrogen and oxygen atoms in total. The number of hydrogen-bond acceptors (Lipinski definition) is 4. The summed E-state index contributed by atoms with van der Waals surface area (Å²) < 4.78 is 18.8. The third-order valence-corrected chi connectivity index (χ3v) is 6.70. The van der Waals surface area contributed by atoms with E-state index in [1.54, 1.807) is 23.0 Å². The number of aryl methyl sites for hydroxylation is 1. The van der Waals surface area contributed by atoms with Gasteiger partial charge < -0.3 is 4.90 Å². The summed E-state index contributed by atoms with van der Waals surface area (Å²) in [5, 5.41) is 4.40. The molecule has 1 saturated carbocycles. The van der Waals surface area contributed by atoms with Crippen molar-refractivity contribution in [1.82, 2.24) is 19.6 Å². The number of benzene rings is 1.